The summed E-state index contributed by atoms with van der Waals surface area (Å²) < 4.78 is 5.82. The first-order valence-corrected chi connectivity index (χ1v) is 9.70. The molecule has 3 rings (SSSR count). The zero-order valence-corrected chi connectivity index (χ0v) is 16.4. The lowest BCUT2D eigenvalue weighted by molar-refractivity contribution is -0.133. The molecule has 2 atom stereocenters. The molecule has 144 valence electrons. The van der Waals surface area contributed by atoms with Gasteiger partial charge in [-0.05, 0) is 51.0 Å². The summed E-state index contributed by atoms with van der Waals surface area (Å²) in [6, 6.07) is 1.10. The number of carbonyl (C=O) groups excluding carboxylic acids is 2. The second-order valence-corrected chi connectivity index (χ2v) is 8.56. The predicted molar refractivity (Wildman–Crippen MR) is 99.8 cm³/mol. The van der Waals surface area contributed by atoms with Crippen molar-refractivity contribution in [1.82, 2.24) is 15.5 Å². The van der Waals surface area contributed by atoms with Crippen LogP contribution in [0, 0.1) is 12.3 Å². The Hall–Kier alpha value is -1.98. The van der Waals surface area contributed by atoms with Gasteiger partial charge in [-0.2, -0.15) is 0 Å². The smallest absolute Gasteiger partial charge is 0.315 e. The number of hydrogen-bond donors (Lipinski definition) is 2. The van der Waals surface area contributed by atoms with E-state index in [1.54, 1.807) is 6.92 Å². The van der Waals surface area contributed by atoms with E-state index in [1.165, 1.54) is 6.42 Å². The number of rotatable bonds is 3. The fourth-order valence-corrected chi connectivity index (χ4v) is 4.16. The molecule has 6 heteroatoms. The van der Waals surface area contributed by atoms with Crippen LogP contribution >= 0.6 is 0 Å². The van der Waals surface area contributed by atoms with Crippen LogP contribution in [0.1, 0.15) is 69.6 Å². The minimum absolute atomic E-state index is 0.00340. The molecule has 0 bridgehead atoms. The largest absolute Gasteiger partial charge is 0.466 e. The number of piperidine rings is 1. The van der Waals surface area contributed by atoms with Crippen molar-refractivity contribution in [2.24, 2.45) is 5.41 Å². The second-order valence-electron chi connectivity index (χ2n) is 8.56. The highest BCUT2D eigenvalue weighted by molar-refractivity contribution is 5.86. The molecule has 1 aliphatic heterocycles. The normalized spacial score (nSPS) is 23.1. The van der Waals surface area contributed by atoms with Crippen LogP contribution < -0.4 is 10.6 Å². The molecule has 1 saturated heterocycles. The molecule has 1 aliphatic carbocycles. The second kappa shape index (κ2) is 7.33. The molecule has 0 spiro atoms. The van der Waals surface area contributed by atoms with Crippen molar-refractivity contribution < 1.29 is 14.0 Å². The van der Waals surface area contributed by atoms with E-state index in [9.17, 15) is 9.59 Å². The van der Waals surface area contributed by atoms with Crippen molar-refractivity contribution in [3.63, 3.8) is 0 Å². The molecule has 2 N–H and O–H groups in total. The average molecular weight is 361 g/mol. The van der Waals surface area contributed by atoms with Gasteiger partial charge in [-0.25, -0.2) is 4.79 Å². The van der Waals surface area contributed by atoms with E-state index >= 15 is 0 Å². The van der Waals surface area contributed by atoms with E-state index in [4.69, 9.17) is 4.42 Å². The highest BCUT2D eigenvalue weighted by Crippen LogP contribution is 2.41. The minimum Gasteiger partial charge on any atom is -0.466 e. The zero-order valence-electron chi connectivity index (χ0n) is 16.4. The number of nitrogens with one attached hydrogen (secondary N) is 2. The van der Waals surface area contributed by atoms with Crippen LogP contribution in [0.3, 0.4) is 0 Å². The number of furan rings is 1. The summed E-state index contributed by atoms with van der Waals surface area (Å²) in [4.78, 5) is 26.9. The lowest BCUT2D eigenvalue weighted by Crippen LogP contribution is -2.51. The third kappa shape index (κ3) is 4.22. The Kier molecular flexibility index (Phi) is 5.30. The fraction of sp³-hybridized carbons (Fsp3) is 0.700. The summed E-state index contributed by atoms with van der Waals surface area (Å²) in [6.07, 6.45) is 4.99. The number of amides is 3. The van der Waals surface area contributed by atoms with Gasteiger partial charge in [0.2, 0.25) is 5.91 Å². The number of nitrogens with zero attached hydrogens (tertiary/aromatic N) is 1. The van der Waals surface area contributed by atoms with Crippen molar-refractivity contribution in [3.8, 4) is 0 Å². The molecule has 2 aliphatic rings. The zero-order chi connectivity index (χ0) is 18.9. The molecule has 2 heterocycles. The number of carbonyl (C=O) groups is 2. The molecule has 1 fully saturated rings. The first-order valence-electron chi connectivity index (χ1n) is 9.70. The molecule has 0 unspecified atom stereocenters. The maximum absolute atomic E-state index is 12.5. The Balaban J connectivity index is 1.61. The molecule has 26 heavy (non-hydrogen) atoms. The van der Waals surface area contributed by atoms with E-state index in [-0.39, 0.29) is 23.4 Å². The van der Waals surface area contributed by atoms with Gasteiger partial charge in [0.15, 0.2) is 0 Å². The average Bonchev–Trinajstić information content (AvgIpc) is 2.93. The van der Waals surface area contributed by atoms with Gasteiger partial charge in [-0.3, -0.25) is 4.79 Å². The van der Waals surface area contributed by atoms with Gasteiger partial charge in [0.25, 0.3) is 0 Å². The van der Waals surface area contributed by atoms with E-state index in [1.807, 2.05) is 17.9 Å². The maximum atomic E-state index is 12.5. The SMILES string of the molecule is Cc1cc2c(o1)CC(C)(C)C[C@H]2NC(=O)N[C@@H](C)C(=O)N1CCCCC1. The summed E-state index contributed by atoms with van der Waals surface area (Å²) in [7, 11) is 0. The quantitative estimate of drug-likeness (QED) is 0.867. The van der Waals surface area contributed by atoms with Crippen molar-refractivity contribution in [2.75, 3.05) is 13.1 Å². The van der Waals surface area contributed by atoms with Gasteiger partial charge in [0, 0.05) is 25.1 Å². The van der Waals surface area contributed by atoms with Crippen LogP contribution in [-0.2, 0) is 11.2 Å². The lowest BCUT2D eigenvalue weighted by atomic mass is 9.75. The van der Waals surface area contributed by atoms with Gasteiger partial charge in [-0.15, -0.1) is 0 Å². The van der Waals surface area contributed by atoms with Crippen molar-refractivity contribution >= 4 is 11.9 Å². The van der Waals surface area contributed by atoms with Gasteiger partial charge in [0.05, 0.1) is 6.04 Å². The Morgan fingerprint density at radius 2 is 1.96 bits per heavy atom. The predicted octanol–water partition coefficient (Wildman–Crippen LogP) is 3.30. The van der Waals surface area contributed by atoms with E-state index in [0.717, 1.165) is 55.9 Å². The Morgan fingerprint density at radius 1 is 1.27 bits per heavy atom. The Labute approximate surface area is 155 Å². The number of aryl methyl sites for hydroxylation is 1. The first kappa shape index (κ1) is 18.8. The topological polar surface area (TPSA) is 74.6 Å². The monoisotopic (exact) mass is 361 g/mol. The minimum atomic E-state index is -0.518. The van der Waals surface area contributed by atoms with Gasteiger partial charge < -0.3 is 20.0 Å². The molecular weight excluding hydrogens is 330 g/mol. The molecule has 0 saturated carbocycles. The number of hydrogen-bond acceptors (Lipinski definition) is 3. The molecular formula is C20H31N3O3. The summed E-state index contributed by atoms with van der Waals surface area (Å²) in [5.41, 5.74) is 1.12. The van der Waals surface area contributed by atoms with Crippen LogP contribution in [0.2, 0.25) is 0 Å². The highest BCUT2D eigenvalue weighted by atomic mass is 16.3. The molecule has 0 aromatic carbocycles. The summed E-state index contributed by atoms with van der Waals surface area (Å²) in [5.74, 6) is 1.83. The van der Waals surface area contributed by atoms with E-state index in [0.29, 0.717) is 0 Å². The Morgan fingerprint density at radius 3 is 2.65 bits per heavy atom. The number of likely N-dealkylation sites (tertiary alicyclic amines) is 1. The lowest BCUT2D eigenvalue weighted by Gasteiger charge is -2.35. The van der Waals surface area contributed by atoms with Gasteiger partial charge >= 0.3 is 6.03 Å². The van der Waals surface area contributed by atoms with Crippen LogP contribution in [0.15, 0.2) is 10.5 Å². The molecule has 1 aromatic rings. The summed E-state index contributed by atoms with van der Waals surface area (Å²) in [6.45, 7) is 9.64. The van der Waals surface area contributed by atoms with Crippen LogP contribution in [0.4, 0.5) is 4.79 Å². The van der Waals surface area contributed by atoms with Crippen molar-refractivity contribution in [1.29, 1.82) is 0 Å². The first-order chi connectivity index (χ1) is 12.2. The van der Waals surface area contributed by atoms with Crippen molar-refractivity contribution in [2.45, 2.75) is 71.9 Å². The van der Waals surface area contributed by atoms with E-state index < -0.39 is 6.04 Å². The van der Waals surface area contributed by atoms with Gasteiger partial charge in [0.1, 0.15) is 17.6 Å². The van der Waals surface area contributed by atoms with Crippen molar-refractivity contribution in [3.05, 3.63) is 23.2 Å². The molecule has 1 aromatic heterocycles. The standard InChI is InChI=1S/C20H31N3O3/c1-13-10-15-16(11-20(3,4)12-17(15)26-13)22-19(25)21-14(2)18(24)23-8-6-5-7-9-23/h10,14,16H,5-9,11-12H2,1-4H3,(H2,21,22,25)/t14-,16+/m0/s1. The van der Waals surface area contributed by atoms with Crippen LogP contribution in [-0.4, -0.2) is 36.0 Å². The van der Waals surface area contributed by atoms with Gasteiger partial charge in [-0.1, -0.05) is 13.8 Å². The maximum Gasteiger partial charge on any atom is 0.315 e. The summed E-state index contributed by atoms with van der Waals surface area (Å²) >= 11 is 0. The van der Waals surface area contributed by atoms with Crippen LogP contribution in [0.5, 0.6) is 0 Å². The van der Waals surface area contributed by atoms with E-state index in [2.05, 4.69) is 24.5 Å². The molecule has 3 amide bonds. The fourth-order valence-electron chi connectivity index (χ4n) is 4.16. The third-order valence-corrected chi connectivity index (χ3v) is 5.43. The molecule has 0 radical (unpaired) electrons. The Bertz CT molecular complexity index is 674. The number of urea groups is 1. The molecule has 6 nitrogen and oxygen atoms in total. The summed E-state index contributed by atoms with van der Waals surface area (Å²) in [5, 5.41) is 5.87. The van der Waals surface area contributed by atoms with Crippen LogP contribution in [0.25, 0.3) is 0 Å². The third-order valence-electron chi connectivity index (χ3n) is 5.43. The highest BCUT2D eigenvalue weighted by Gasteiger charge is 2.36. The number of fused-ring (bicyclic) bond motifs is 1.